The van der Waals surface area contributed by atoms with Crippen molar-refractivity contribution in [3.05, 3.63) is 5.84 Å². The second-order valence-electron chi connectivity index (χ2n) is 4.84. The summed E-state index contributed by atoms with van der Waals surface area (Å²) in [4.78, 5) is 0. The summed E-state index contributed by atoms with van der Waals surface area (Å²) in [6, 6.07) is 0.580. The van der Waals surface area contributed by atoms with E-state index in [-0.39, 0.29) is 0 Å². The zero-order valence-corrected chi connectivity index (χ0v) is 7.47. The van der Waals surface area contributed by atoms with Crippen LogP contribution in [0.3, 0.4) is 0 Å². The van der Waals surface area contributed by atoms with E-state index in [2.05, 4.69) is 0 Å². The van der Waals surface area contributed by atoms with Gasteiger partial charge in [-0.2, -0.15) is 0 Å². The molecule has 0 amide bonds. The summed E-state index contributed by atoms with van der Waals surface area (Å²) < 4.78 is 1.86. The molecule has 2 aliphatic carbocycles. The van der Waals surface area contributed by atoms with Gasteiger partial charge in [-0.3, -0.25) is 4.68 Å². The molecule has 2 heterocycles. The molecule has 2 saturated carbocycles. The Hall–Kier alpha value is -0.530. The fourth-order valence-electron chi connectivity index (χ4n) is 3.38. The highest BCUT2D eigenvalue weighted by Gasteiger charge is 2.47. The molecule has 4 rings (SSSR count). The molecule has 0 aromatic heterocycles. The van der Waals surface area contributed by atoms with Crippen LogP contribution in [0, 0.1) is 5.41 Å². The molecule has 2 aliphatic heterocycles. The molecule has 0 aromatic carbocycles. The van der Waals surface area contributed by atoms with Gasteiger partial charge in [0, 0.05) is 25.7 Å². The molecule has 66 valence electrons. The van der Waals surface area contributed by atoms with Crippen LogP contribution in [0.4, 0.5) is 0 Å². The second kappa shape index (κ2) is 2.04. The molecular weight excluding hydrogens is 148 g/mol. The Morgan fingerprint density at radius 3 is 2.75 bits per heavy atom. The Morgan fingerprint density at radius 1 is 1.25 bits per heavy atom. The Balaban J connectivity index is 2.10. The normalized spacial score (nSPS) is 45.2. The third kappa shape index (κ3) is 0.732. The maximum absolute atomic E-state index is 7.97. The van der Waals surface area contributed by atoms with Gasteiger partial charge in [0.25, 0.3) is 0 Å². The number of nitrogens with one attached hydrogen (secondary N) is 1. The number of hydrogen-bond donors (Lipinski definition) is 0. The molecule has 2 fully saturated rings. The van der Waals surface area contributed by atoms with Crippen molar-refractivity contribution in [2.24, 2.45) is 5.41 Å². The van der Waals surface area contributed by atoms with Crippen molar-refractivity contribution in [1.82, 2.24) is 0 Å². The number of fused-ring (bicyclic) bond motifs is 2. The van der Waals surface area contributed by atoms with Gasteiger partial charge in [0.1, 0.15) is 11.8 Å². The smallest absolute Gasteiger partial charge is 0.148 e. The summed E-state index contributed by atoms with van der Waals surface area (Å²) in [6.45, 7) is 0. The molecule has 1 N–H and O–H groups in total. The minimum atomic E-state index is 0.580. The highest BCUT2D eigenvalue weighted by Crippen LogP contribution is 2.50. The zero-order valence-electron chi connectivity index (χ0n) is 7.47. The molecule has 2 heteroatoms. The van der Waals surface area contributed by atoms with E-state index in [1.165, 1.54) is 50.7 Å². The van der Waals surface area contributed by atoms with Crippen LogP contribution in [0.2, 0.25) is 0 Å². The van der Waals surface area contributed by atoms with E-state index in [1.807, 2.05) is 4.68 Å². The van der Waals surface area contributed by atoms with Crippen molar-refractivity contribution in [2.75, 3.05) is 0 Å². The molecule has 2 nitrogen and oxygen atoms in total. The lowest BCUT2D eigenvalue weighted by Crippen LogP contribution is -2.30. The zero-order chi connectivity index (χ0) is 8.18. The van der Waals surface area contributed by atoms with Crippen LogP contribution in [-0.2, 0) is 0 Å². The molecule has 0 unspecified atom stereocenters. The third-order valence-electron chi connectivity index (χ3n) is 4.24. The first-order valence-electron chi connectivity index (χ1n) is 5.14. The molecule has 12 heavy (non-hydrogen) atoms. The molecule has 4 aliphatic rings. The molecule has 1 spiro atoms. The minimum Gasteiger partial charge on any atom is -0.454 e. The molecule has 0 radical (unpaired) electrons. The highest BCUT2D eigenvalue weighted by atomic mass is 15.3. The lowest BCUT2D eigenvalue weighted by Gasteiger charge is -2.33. The topological polar surface area (TPSA) is 26.8 Å². The number of rotatable bonds is 0. The SMILES string of the molecule is [NH-][N+]1=C2CCC3(CCC1CC3)C2. The van der Waals surface area contributed by atoms with Crippen LogP contribution < -0.4 is 0 Å². The predicted octanol–water partition coefficient (Wildman–Crippen LogP) is 2.53. The van der Waals surface area contributed by atoms with Crippen molar-refractivity contribution in [1.29, 1.82) is 0 Å². The number of hydrogen-bond acceptors (Lipinski definition) is 0. The van der Waals surface area contributed by atoms with Crippen LogP contribution in [0.5, 0.6) is 0 Å². The summed E-state index contributed by atoms with van der Waals surface area (Å²) in [5.74, 6) is 7.97. The van der Waals surface area contributed by atoms with Crippen molar-refractivity contribution in [2.45, 2.75) is 51.0 Å². The maximum atomic E-state index is 7.97. The fraction of sp³-hybridized carbons (Fsp3) is 0.900. The lowest BCUT2D eigenvalue weighted by atomic mass is 9.72. The Morgan fingerprint density at radius 2 is 2.00 bits per heavy atom. The first-order valence-corrected chi connectivity index (χ1v) is 5.14. The van der Waals surface area contributed by atoms with Gasteiger partial charge >= 0.3 is 0 Å². The van der Waals surface area contributed by atoms with Crippen molar-refractivity contribution in [3.8, 4) is 0 Å². The predicted molar refractivity (Wildman–Crippen MR) is 48.1 cm³/mol. The summed E-state index contributed by atoms with van der Waals surface area (Å²) >= 11 is 0. The van der Waals surface area contributed by atoms with Gasteiger partial charge in [0.2, 0.25) is 0 Å². The Labute approximate surface area is 73.4 Å². The van der Waals surface area contributed by atoms with Crippen molar-refractivity contribution >= 4 is 5.71 Å². The molecular formula is C10H16N2. The average molecular weight is 164 g/mol. The van der Waals surface area contributed by atoms with Gasteiger partial charge in [-0.1, -0.05) is 0 Å². The molecule has 3 bridgehead atoms. The van der Waals surface area contributed by atoms with Gasteiger partial charge in [-0.05, 0) is 24.7 Å². The van der Waals surface area contributed by atoms with Gasteiger partial charge in [-0.25, -0.2) is 0 Å². The monoisotopic (exact) mass is 164 g/mol. The van der Waals surface area contributed by atoms with E-state index >= 15 is 0 Å². The summed E-state index contributed by atoms with van der Waals surface area (Å²) in [6.07, 6.45) is 9.23. The second-order valence-corrected chi connectivity index (χ2v) is 4.84. The van der Waals surface area contributed by atoms with E-state index in [9.17, 15) is 0 Å². The third-order valence-corrected chi connectivity index (χ3v) is 4.24. The Kier molecular flexibility index (Phi) is 1.18. The van der Waals surface area contributed by atoms with Crippen LogP contribution >= 0.6 is 0 Å². The lowest BCUT2D eigenvalue weighted by molar-refractivity contribution is -0.506. The maximum Gasteiger partial charge on any atom is 0.148 e. The highest BCUT2D eigenvalue weighted by molar-refractivity contribution is 5.83. The van der Waals surface area contributed by atoms with Gasteiger partial charge in [-0.15, -0.1) is 0 Å². The quantitative estimate of drug-likeness (QED) is 0.492. The van der Waals surface area contributed by atoms with E-state index in [0.717, 1.165) is 0 Å². The van der Waals surface area contributed by atoms with Gasteiger partial charge in [0.05, 0.1) is 0 Å². The largest absolute Gasteiger partial charge is 0.454 e. The van der Waals surface area contributed by atoms with Crippen LogP contribution in [-0.4, -0.2) is 16.4 Å². The van der Waals surface area contributed by atoms with Crippen molar-refractivity contribution in [3.63, 3.8) is 0 Å². The summed E-state index contributed by atoms with van der Waals surface area (Å²) in [7, 11) is 0. The first-order chi connectivity index (χ1) is 5.79. The first kappa shape index (κ1) is 6.93. The standard InChI is InChI=1S/C10H16N2/c11-12-8-1-4-10(5-2-8)6-3-9(12)7-10/h8,11H,1-7H2. The molecule has 0 atom stereocenters. The van der Waals surface area contributed by atoms with Gasteiger partial charge in [0.15, 0.2) is 0 Å². The Bertz CT molecular complexity index is 247. The fourth-order valence-corrected chi connectivity index (χ4v) is 3.38. The summed E-state index contributed by atoms with van der Waals surface area (Å²) in [5.41, 5.74) is 2.11. The summed E-state index contributed by atoms with van der Waals surface area (Å²) in [5, 5.41) is 0. The van der Waals surface area contributed by atoms with Crippen LogP contribution in [0.25, 0.3) is 5.84 Å². The minimum absolute atomic E-state index is 0.580. The van der Waals surface area contributed by atoms with Crippen LogP contribution in [0.1, 0.15) is 44.9 Å². The molecule has 0 aromatic rings. The average Bonchev–Trinajstić information content (AvgIpc) is 2.38. The van der Waals surface area contributed by atoms with E-state index in [4.69, 9.17) is 5.84 Å². The van der Waals surface area contributed by atoms with E-state index in [0.29, 0.717) is 11.5 Å². The van der Waals surface area contributed by atoms with Crippen molar-refractivity contribution < 1.29 is 4.68 Å². The number of nitrogens with zero attached hydrogens (tertiary/aromatic N) is 1. The van der Waals surface area contributed by atoms with Gasteiger partial charge < -0.3 is 5.84 Å². The van der Waals surface area contributed by atoms with Crippen LogP contribution in [0.15, 0.2) is 0 Å². The van der Waals surface area contributed by atoms with E-state index < -0.39 is 0 Å². The molecule has 0 saturated heterocycles. The van der Waals surface area contributed by atoms with E-state index in [1.54, 1.807) is 0 Å².